The summed E-state index contributed by atoms with van der Waals surface area (Å²) < 4.78 is 16.4. The molecule has 0 unspecified atom stereocenters. The summed E-state index contributed by atoms with van der Waals surface area (Å²) in [5.41, 5.74) is 0.803. The maximum absolute atomic E-state index is 13.8. The molecule has 0 aliphatic rings. The zero-order chi connectivity index (χ0) is 17.6. The predicted octanol–water partition coefficient (Wildman–Crippen LogP) is 4.46. The van der Waals surface area contributed by atoms with Crippen LogP contribution in [-0.2, 0) is 7.05 Å². The van der Waals surface area contributed by atoms with Crippen LogP contribution in [0.15, 0.2) is 36.7 Å². The van der Waals surface area contributed by atoms with Gasteiger partial charge in [-0.05, 0) is 25.1 Å². The fourth-order valence-electron chi connectivity index (χ4n) is 2.54. The molecule has 4 rings (SSSR count). The van der Waals surface area contributed by atoms with Crippen LogP contribution >= 0.6 is 22.7 Å². The number of thiophene rings is 1. The first kappa shape index (κ1) is 15.9. The van der Waals surface area contributed by atoms with Crippen molar-refractivity contribution in [2.75, 3.05) is 5.32 Å². The van der Waals surface area contributed by atoms with Crippen molar-refractivity contribution in [3.8, 4) is 10.7 Å². The molecule has 0 radical (unpaired) electrons. The molecule has 126 valence electrons. The van der Waals surface area contributed by atoms with Gasteiger partial charge in [-0.1, -0.05) is 17.4 Å². The Balaban J connectivity index is 1.62. The third-order valence-corrected chi connectivity index (χ3v) is 5.94. The number of aryl methyl sites for hydroxylation is 2. The monoisotopic (exact) mass is 372 g/mol. The van der Waals surface area contributed by atoms with Gasteiger partial charge in [-0.15, -0.1) is 11.3 Å². The number of benzene rings is 1. The molecule has 0 aliphatic carbocycles. The van der Waals surface area contributed by atoms with E-state index in [1.54, 1.807) is 24.4 Å². The van der Waals surface area contributed by atoms with Crippen molar-refractivity contribution in [2.45, 2.75) is 6.92 Å². The van der Waals surface area contributed by atoms with Gasteiger partial charge in [0.25, 0.3) is 5.91 Å². The number of nitrogens with one attached hydrogen (secondary N) is 1. The number of imidazole rings is 1. The molecular weight excluding hydrogens is 359 g/mol. The zero-order valence-electron chi connectivity index (χ0n) is 13.4. The van der Waals surface area contributed by atoms with E-state index < -0.39 is 0 Å². The van der Waals surface area contributed by atoms with Gasteiger partial charge in [-0.2, -0.15) is 0 Å². The first-order valence-corrected chi connectivity index (χ1v) is 9.11. The summed E-state index contributed by atoms with van der Waals surface area (Å²) in [6.07, 6.45) is 3.58. The zero-order valence-corrected chi connectivity index (χ0v) is 15.0. The predicted molar refractivity (Wildman–Crippen MR) is 98.8 cm³/mol. The molecule has 3 heterocycles. The van der Waals surface area contributed by atoms with E-state index in [1.165, 1.54) is 28.7 Å². The Morgan fingerprint density at radius 2 is 2.16 bits per heavy atom. The summed E-state index contributed by atoms with van der Waals surface area (Å²) >= 11 is 2.63. The number of hydrogen-bond donors (Lipinski definition) is 1. The normalized spacial score (nSPS) is 11.2. The molecule has 1 aromatic carbocycles. The summed E-state index contributed by atoms with van der Waals surface area (Å²) in [6.45, 7) is 1.88. The summed E-state index contributed by atoms with van der Waals surface area (Å²) in [4.78, 5) is 22.6. The van der Waals surface area contributed by atoms with E-state index in [4.69, 9.17) is 0 Å². The number of carbonyl (C=O) groups is 1. The van der Waals surface area contributed by atoms with Crippen LogP contribution in [0.2, 0.25) is 0 Å². The highest BCUT2D eigenvalue weighted by molar-refractivity contribution is 7.21. The van der Waals surface area contributed by atoms with E-state index in [-0.39, 0.29) is 11.7 Å². The Labute approximate surface area is 150 Å². The lowest BCUT2D eigenvalue weighted by atomic mass is 10.2. The summed E-state index contributed by atoms with van der Waals surface area (Å²) in [6, 6.07) is 6.40. The third-order valence-electron chi connectivity index (χ3n) is 3.77. The Morgan fingerprint density at radius 1 is 1.32 bits per heavy atom. The average molecular weight is 372 g/mol. The molecule has 4 aromatic rings. The standard InChI is InChI=1S/C17H13FN4OS2/c1-9-14(15-19-6-7-22(15)2)25-17(20-9)21-16(23)13-8-10-11(18)4-3-5-12(10)24-13/h3-8H,1-2H3,(H,20,21,23). The molecule has 8 heteroatoms. The highest BCUT2D eigenvalue weighted by Gasteiger charge is 2.17. The minimum atomic E-state index is -0.324. The fourth-order valence-corrected chi connectivity index (χ4v) is 4.51. The van der Waals surface area contributed by atoms with Gasteiger partial charge in [0.05, 0.1) is 15.4 Å². The quantitative estimate of drug-likeness (QED) is 0.578. The fraction of sp³-hybridized carbons (Fsp3) is 0.118. The van der Waals surface area contributed by atoms with Crippen LogP contribution in [0, 0.1) is 12.7 Å². The van der Waals surface area contributed by atoms with Gasteiger partial charge in [0.15, 0.2) is 11.0 Å². The number of rotatable bonds is 3. The van der Waals surface area contributed by atoms with Crippen LogP contribution in [-0.4, -0.2) is 20.4 Å². The molecular formula is C17H13FN4OS2. The number of amides is 1. The SMILES string of the molecule is Cc1nc(NC(=O)c2cc3c(F)cccc3s2)sc1-c1nccn1C. The molecule has 0 saturated heterocycles. The van der Waals surface area contributed by atoms with Crippen LogP contribution in [0.3, 0.4) is 0 Å². The van der Waals surface area contributed by atoms with Gasteiger partial charge in [-0.3, -0.25) is 10.1 Å². The van der Waals surface area contributed by atoms with Crippen LogP contribution < -0.4 is 5.32 Å². The molecule has 5 nitrogen and oxygen atoms in total. The van der Waals surface area contributed by atoms with E-state index >= 15 is 0 Å². The molecule has 0 bridgehead atoms. The number of nitrogens with zero attached hydrogens (tertiary/aromatic N) is 3. The lowest BCUT2D eigenvalue weighted by Gasteiger charge is -1.98. The third kappa shape index (κ3) is 2.83. The molecule has 0 saturated carbocycles. The maximum atomic E-state index is 13.8. The van der Waals surface area contributed by atoms with E-state index in [0.29, 0.717) is 15.4 Å². The highest BCUT2D eigenvalue weighted by atomic mass is 32.1. The number of halogens is 1. The smallest absolute Gasteiger partial charge is 0.267 e. The second kappa shape index (κ2) is 6.05. The first-order chi connectivity index (χ1) is 12.0. The van der Waals surface area contributed by atoms with Crippen molar-refractivity contribution in [2.24, 2.45) is 7.05 Å². The van der Waals surface area contributed by atoms with E-state index in [9.17, 15) is 9.18 Å². The number of thiazole rings is 1. The Kier molecular flexibility index (Phi) is 3.85. The van der Waals surface area contributed by atoms with Gasteiger partial charge >= 0.3 is 0 Å². The summed E-state index contributed by atoms with van der Waals surface area (Å²) in [5, 5.41) is 3.76. The lowest BCUT2D eigenvalue weighted by molar-refractivity contribution is 0.103. The number of carbonyl (C=O) groups excluding carboxylic acids is 1. The average Bonchev–Trinajstić information content (AvgIpc) is 3.26. The molecule has 3 aromatic heterocycles. The molecule has 0 spiro atoms. The lowest BCUT2D eigenvalue weighted by Crippen LogP contribution is -2.09. The summed E-state index contributed by atoms with van der Waals surface area (Å²) in [5.74, 6) is 0.190. The van der Waals surface area contributed by atoms with Gasteiger partial charge < -0.3 is 4.57 Å². The van der Waals surface area contributed by atoms with Crippen LogP contribution in [0.1, 0.15) is 15.4 Å². The largest absolute Gasteiger partial charge is 0.333 e. The highest BCUT2D eigenvalue weighted by Crippen LogP contribution is 2.33. The minimum absolute atomic E-state index is 0.291. The maximum Gasteiger partial charge on any atom is 0.267 e. The molecule has 0 fully saturated rings. The van der Waals surface area contributed by atoms with Crippen LogP contribution in [0.4, 0.5) is 9.52 Å². The van der Waals surface area contributed by atoms with Crippen molar-refractivity contribution in [3.05, 3.63) is 53.0 Å². The number of fused-ring (bicyclic) bond motifs is 1. The molecule has 25 heavy (non-hydrogen) atoms. The van der Waals surface area contributed by atoms with Crippen LogP contribution in [0.25, 0.3) is 20.8 Å². The van der Waals surface area contributed by atoms with Gasteiger partial charge in [-0.25, -0.2) is 14.4 Å². The minimum Gasteiger partial charge on any atom is -0.333 e. The van der Waals surface area contributed by atoms with E-state index in [0.717, 1.165) is 21.1 Å². The Bertz CT molecular complexity index is 1100. The van der Waals surface area contributed by atoms with Crippen molar-refractivity contribution in [1.29, 1.82) is 0 Å². The topological polar surface area (TPSA) is 59.8 Å². The number of hydrogen-bond acceptors (Lipinski definition) is 5. The molecule has 1 amide bonds. The van der Waals surface area contributed by atoms with E-state index in [2.05, 4.69) is 15.3 Å². The van der Waals surface area contributed by atoms with Crippen molar-refractivity contribution >= 4 is 43.8 Å². The summed E-state index contributed by atoms with van der Waals surface area (Å²) in [7, 11) is 1.91. The molecule has 0 aliphatic heterocycles. The van der Waals surface area contributed by atoms with Gasteiger partial charge in [0.2, 0.25) is 0 Å². The van der Waals surface area contributed by atoms with Crippen molar-refractivity contribution in [1.82, 2.24) is 14.5 Å². The van der Waals surface area contributed by atoms with E-state index in [1.807, 2.05) is 24.7 Å². The Hall–Kier alpha value is -2.58. The second-order valence-electron chi connectivity index (χ2n) is 5.51. The Morgan fingerprint density at radius 3 is 2.88 bits per heavy atom. The number of anilines is 1. The van der Waals surface area contributed by atoms with Crippen LogP contribution in [0.5, 0.6) is 0 Å². The van der Waals surface area contributed by atoms with Crippen molar-refractivity contribution < 1.29 is 9.18 Å². The number of aromatic nitrogens is 3. The van der Waals surface area contributed by atoms with Gasteiger partial charge in [0, 0.05) is 29.5 Å². The first-order valence-electron chi connectivity index (χ1n) is 7.47. The second-order valence-corrected chi connectivity index (χ2v) is 7.59. The van der Waals surface area contributed by atoms with Gasteiger partial charge in [0.1, 0.15) is 5.82 Å². The van der Waals surface area contributed by atoms with Crippen molar-refractivity contribution in [3.63, 3.8) is 0 Å². The molecule has 1 N–H and O–H groups in total. The molecule has 0 atom stereocenters.